The first kappa shape index (κ1) is 22.1. The zero-order valence-corrected chi connectivity index (χ0v) is 18.0. The molecule has 0 spiro atoms. The second kappa shape index (κ2) is 9.60. The zero-order valence-electron chi connectivity index (χ0n) is 18.0. The van der Waals surface area contributed by atoms with Crippen LogP contribution in [0.2, 0.25) is 0 Å². The van der Waals surface area contributed by atoms with Crippen LogP contribution in [0.3, 0.4) is 0 Å². The molecule has 1 aromatic carbocycles. The van der Waals surface area contributed by atoms with Crippen molar-refractivity contribution in [1.82, 2.24) is 20.3 Å². The lowest BCUT2D eigenvalue weighted by Gasteiger charge is -2.33. The minimum Gasteiger partial charge on any atom is -0.465 e. The molecule has 0 bridgehead atoms. The highest BCUT2D eigenvalue weighted by molar-refractivity contribution is 5.95. The molecule has 9 nitrogen and oxygen atoms in total. The molecule has 0 saturated carbocycles. The molecule has 3 aromatic rings. The van der Waals surface area contributed by atoms with E-state index in [9.17, 15) is 14.0 Å². The molecule has 3 N–H and O–H groups in total. The summed E-state index contributed by atoms with van der Waals surface area (Å²) in [5.41, 5.74) is 7.61. The topological polar surface area (TPSA) is 123 Å². The fraction of sp³-hybridized carbons (Fsp3) is 0.261. The van der Waals surface area contributed by atoms with Crippen LogP contribution in [-0.2, 0) is 4.74 Å². The van der Waals surface area contributed by atoms with Gasteiger partial charge in [0.15, 0.2) is 0 Å². The van der Waals surface area contributed by atoms with E-state index in [-0.39, 0.29) is 29.3 Å². The highest BCUT2D eigenvalue weighted by atomic mass is 19.1. The molecule has 4 rings (SSSR count). The highest BCUT2D eigenvalue weighted by Crippen LogP contribution is 2.24. The Bertz CT molecular complexity index is 1160. The second-order valence-corrected chi connectivity index (χ2v) is 7.63. The Morgan fingerprint density at radius 1 is 1.15 bits per heavy atom. The molecule has 1 aliphatic rings. The SMILES string of the molecule is COC(=O)c1cnc(N)nc1N1CCC(NC(=O)c2ccc(-c3cccc(F)c3)nc2)CC1. The van der Waals surface area contributed by atoms with Crippen LogP contribution >= 0.6 is 0 Å². The Hall–Kier alpha value is -4.08. The van der Waals surface area contributed by atoms with E-state index in [1.54, 1.807) is 24.3 Å². The Morgan fingerprint density at radius 2 is 1.94 bits per heavy atom. The van der Waals surface area contributed by atoms with E-state index in [1.807, 2.05) is 4.90 Å². The van der Waals surface area contributed by atoms with Gasteiger partial charge in [-0.05, 0) is 37.1 Å². The molecule has 33 heavy (non-hydrogen) atoms. The Labute approximate surface area is 189 Å². The number of nitrogens with two attached hydrogens (primary N) is 1. The molecule has 10 heteroatoms. The van der Waals surface area contributed by atoms with Crippen molar-refractivity contribution in [3.05, 3.63) is 65.7 Å². The van der Waals surface area contributed by atoms with E-state index >= 15 is 0 Å². The van der Waals surface area contributed by atoms with Crippen molar-refractivity contribution in [2.24, 2.45) is 0 Å². The van der Waals surface area contributed by atoms with Crippen LogP contribution in [0.25, 0.3) is 11.3 Å². The van der Waals surface area contributed by atoms with Gasteiger partial charge in [-0.3, -0.25) is 9.78 Å². The number of nitrogen functional groups attached to an aromatic ring is 1. The van der Waals surface area contributed by atoms with Crippen LogP contribution in [0.4, 0.5) is 16.2 Å². The molecule has 1 amide bonds. The average Bonchev–Trinajstić information content (AvgIpc) is 2.84. The van der Waals surface area contributed by atoms with Crippen molar-refractivity contribution in [2.45, 2.75) is 18.9 Å². The van der Waals surface area contributed by atoms with Crippen LogP contribution in [0.15, 0.2) is 48.8 Å². The van der Waals surface area contributed by atoms with Crippen LogP contribution < -0.4 is 16.0 Å². The number of nitrogens with one attached hydrogen (secondary N) is 1. The van der Waals surface area contributed by atoms with Gasteiger partial charge in [0.1, 0.15) is 17.2 Å². The summed E-state index contributed by atoms with van der Waals surface area (Å²) in [6.07, 6.45) is 4.16. The number of aromatic nitrogens is 3. The van der Waals surface area contributed by atoms with Gasteiger partial charge in [-0.1, -0.05) is 12.1 Å². The number of amides is 1. The first-order chi connectivity index (χ1) is 15.9. The first-order valence-corrected chi connectivity index (χ1v) is 10.4. The number of halogens is 1. The van der Waals surface area contributed by atoms with Crippen LogP contribution in [0.5, 0.6) is 0 Å². The normalized spacial score (nSPS) is 14.1. The van der Waals surface area contributed by atoms with Crippen molar-refractivity contribution in [1.29, 1.82) is 0 Å². The predicted octanol–water partition coefficient (Wildman–Crippen LogP) is 2.45. The van der Waals surface area contributed by atoms with E-state index in [1.165, 1.54) is 31.6 Å². The van der Waals surface area contributed by atoms with Gasteiger partial charge in [-0.15, -0.1) is 0 Å². The number of carbonyl (C=O) groups excluding carboxylic acids is 2. The summed E-state index contributed by atoms with van der Waals surface area (Å²) in [4.78, 5) is 39.0. The number of pyridine rings is 1. The van der Waals surface area contributed by atoms with Crippen molar-refractivity contribution < 1.29 is 18.7 Å². The van der Waals surface area contributed by atoms with E-state index in [4.69, 9.17) is 10.5 Å². The number of benzene rings is 1. The van der Waals surface area contributed by atoms with Gasteiger partial charge in [0.05, 0.1) is 18.4 Å². The Kier molecular flexibility index (Phi) is 6.43. The van der Waals surface area contributed by atoms with E-state index < -0.39 is 5.97 Å². The maximum Gasteiger partial charge on any atom is 0.343 e. The molecule has 3 heterocycles. The number of methoxy groups -OCH3 is 1. The van der Waals surface area contributed by atoms with E-state index in [0.29, 0.717) is 48.6 Å². The third kappa shape index (κ3) is 5.05. The third-order valence-corrected chi connectivity index (χ3v) is 5.47. The molecule has 0 radical (unpaired) electrons. The molecular weight excluding hydrogens is 427 g/mol. The number of hydrogen-bond acceptors (Lipinski definition) is 8. The number of piperidine rings is 1. The number of ether oxygens (including phenoxy) is 1. The number of esters is 1. The minimum atomic E-state index is -0.533. The summed E-state index contributed by atoms with van der Waals surface area (Å²) in [5, 5.41) is 3.02. The zero-order chi connectivity index (χ0) is 23.4. The Balaban J connectivity index is 1.37. The largest absolute Gasteiger partial charge is 0.465 e. The second-order valence-electron chi connectivity index (χ2n) is 7.63. The van der Waals surface area contributed by atoms with Gasteiger partial charge in [-0.2, -0.15) is 4.98 Å². The van der Waals surface area contributed by atoms with Crippen molar-refractivity contribution in [3.63, 3.8) is 0 Å². The van der Waals surface area contributed by atoms with Gasteiger partial charge in [0.25, 0.3) is 5.91 Å². The lowest BCUT2D eigenvalue weighted by atomic mass is 10.0. The summed E-state index contributed by atoms with van der Waals surface area (Å²) < 4.78 is 18.2. The van der Waals surface area contributed by atoms with E-state index in [2.05, 4.69) is 20.3 Å². The van der Waals surface area contributed by atoms with Crippen LogP contribution in [0.1, 0.15) is 33.6 Å². The van der Waals surface area contributed by atoms with Gasteiger partial charge in [-0.25, -0.2) is 14.2 Å². The maximum absolute atomic E-state index is 13.4. The lowest BCUT2D eigenvalue weighted by molar-refractivity contribution is 0.0600. The monoisotopic (exact) mass is 450 g/mol. The summed E-state index contributed by atoms with van der Waals surface area (Å²) in [6.45, 7) is 1.14. The number of hydrogen-bond donors (Lipinski definition) is 2. The van der Waals surface area contributed by atoms with Gasteiger partial charge < -0.3 is 20.7 Å². The standard InChI is InChI=1S/C23H23FN6O3/c1-33-22(32)18-13-27-23(25)29-20(18)30-9-7-17(8-10-30)28-21(31)15-5-6-19(26-12-15)14-3-2-4-16(24)11-14/h2-6,11-13,17H,7-10H2,1H3,(H,28,31)(H2,25,27,29). The fourth-order valence-corrected chi connectivity index (χ4v) is 3.73. The average molecular weight is 450 g/mol. The molecule has 0 aliphatic carbocycles. The minimum absolute atomic E-state index is 0.0441. The number of anilines is 2. The summed E-state index contributed by atoms with van der Waals surface area (Å²) >= 11 is 0. The first-order valence-electron chi connectivity index (χ1n) is 10.4. The Morgan fingerprint density at radius 3 is 2.61 bits per heavy atom. The number of rotatable bonds is 5. The highest BCUT2D eigenvalue weighted by Gasteiger charge is 2.26. The van der Waals surface area contributed by atoms with Crippen molar-refractivity contribution in [3.8, 4) is 11.3 Å². The van der Waals surface area contributed by atoms with Gasteiger partial charge in [0.2, 0.25) is 5.95 Å². The van der Waals surface area contributed by atoms with Gasteiger partial charge in [0, 0.05) is 37.1 Å². The van der Waals surface area contributed by atoms with Crippen molar-refractivity contribution >= 4 is 23.6 Å². The van der Waals surface area contributed by atoms with Gasteiger partial charge >= 0.3 is 5.97 Å². The predicted molar refractivity (Wildman–Crippen MR) is 120 cm³/mol. The molecule has 1 aliphatic heterocycles. The molecule has 1 fully saturated rings. The number of carbonyl (C=O) groups is 2. The summed E-state index contributed by atoms with van der Waals surface area (Å²) in [7, 11) is 1.30. The third-order valence-electron chi connectivity index (χ3n) is 5.47. The summed E-state index contributed by atoms with van der Waals surface area (Å²) in [5.74, 6) is -0.604. The molecule has 2 aromatic heterocycles. The molecule has 0 atom stereocenters. The van der Waals surface area contributed by atoms with E-state index in [0.717, 1.165) is 0 Å². The number of nitrogens with zero attached hydrogens (tertiary/aromatic N) is 4. The quantitative estimate of drug-likeness (QED) is 0.568. The molecular formula is C23H23FN6O3. The molecule has 170 valence electrons. The van der Waals surface area contributed by atoms with Crippen molar-refractivity contribution in [2.75, 3.05) is 30.8 Å². The maximum atomic E-state index is 13.4. The smallest absolute Gasteiger partial charge is 0.343 e. The van der Waals surface area contributed by atoms with Crippen LogP contribution in [0, 0.1) is 5.82 Å². The molecule has 0 unspecified atom stereocenters. The fourth-order valence-electron chi connectivity index (χ4n) is 3.73. The van der Waals surface area contributed by atoms with Crippen LogP contribution in [-0.4, -0.2) is 53.1 Å². The molecule has 1 saturated heterocycles. The lowest BCUT2D eigenvalue weighted by Crippen LogP contribution is -2.45. The summed E-state index contributed by atoms with van der Waals surface area (Å²) in [6, 6.07) is 9.46.